The van der Waals surface area contributed by atoms with Gasteiger partial charge in [-0.15, -0.1) is 0 Å². The minimum Gasteiger partial charge on any atom is -0.497 e. The zero-order chi connectivity index (χ0) is 17.9. The molecule has 0 saturated heterocycles. The summed E-state index contributed by atoms with van der Waals surface area (Å²) in [5.41, 5.74) is 4.23. The van der Waals surface area contributed by atoms with Crippen LogP contribution in [0.1, 0.15) is 17.2 Å². The smallest absolute Gasteiger partial charge is 0.345 e. The van der Waals surface area contributed by atoms with Gasteiger partial charge in [0, 0.05) is 11.1 Å². The predicted molar refractivity (Wildman–Crippen MR) is 98.3 cm³/mol. The molecule has 1 aliphatic rings. The van der Waals surface area contributed by atoms with Crippen molar-refractivity contribution in [2.24, 2.45) is 0 Å². The Morgan fingerprint density at radius 2 is 1.35 bits per heavy atom. The number of rotatable bonds is 5. The van der Waals surface area contributed by atoms with E-state index in [1.54, 1.807) is 31.4 Å². The maximum absolute atomic E-state index is 12.3. The Labute approximate surface area is 152 Å². The normalized spacial score (nSPS) is 12.2. The summed E-state index contributed by atoms with van der Waals surface area (Å²) in [6.07, 6.45) is -0.394. The molecule has 0 unspecified atom stereocenters. The summed E-state index contributed by atoms with van der Waals surface area (Å²) >= 11 is 0. The van der Waals surface area contributed by atoms with Crippen LogP contribution in [0.4, 0.5) is 0 Å². The first-order valence-corrected chi connectivity index (χ1v) is 8.41. The molecule has 1 aliphatic carbocycles. The Balaban J connectivity index is 1.47. The number of esters is 1. The minimum absolute atomic E-state index is 0.146. The van der Waals surface area contributed by atoms with Gasteiger partial charge in [-0.3, -0.25) is 0 Å². The third kappa shape index (κ3) is 3.02. The number of methoxy groups -OCH3 is 1. The molecule has 0 aromatic heterocycles. The second-order valence-corrected chi connectivity index (χ2v) is 6.01. The van der Waals surface area contributed by atoms with Crippen molar-refractivity contribution >= 4 is 5.97 Å². The maximum Gasteiger partial charge on any atom is 0.345 e. The van der Waals surface area contributed by atoms with Crippen LogP contribution in [0.5, 0.6) is 11.5 Å². The van der Waals surface area contributed by atoms with E-state index in [1.165, 1.54) is 0 Å². The van der Waals surface area contributed by atoms with E-state index < -0.39 is 12.1 Å². The summed E-state index contributed by atoms with van der Waals surface area (Å²) in [5.74, 6) is 0.923. The minimum atomic E-state index is -0.405. The Morgan fingerprint density at radius 3 is 1.92 bits per heavy atom. The van der Waals surface area contributed by atoms with E-state index in [0.29, 0.717) is 5.75 Å². The number of hydrogen-bond acceptors (Lipinski definition) is 4. The first-order valence-electron chi connectivity index (χ1n) is 8.41. The molecule has 3 aromatic carbocycles. The van der Waals surface area contributed by atoms with Crippen LogP contribution in [0, 0.1) is 0 Å². The fraction of sp³-hybridized carbons (Fsp3) is 0.136. The fourth-order valence-electron chi connectivity index (χ4n) is 3.22. The second-order valence-electron chi connectivity index (χ2n) is 6.01. The van der Waals surface area contributed by atoms with E-state index in [0.717, 1.165) is 28.0 Å². The lowest BCUT2D eigenvalue weighted by Crippen LogP contribution is -2.18. The molecule has 0 spiro atoms. The molecule has 0 heterocycles. The number of ether oxygens (including phenoxy) is 3. The average Bonchev–Trinajstić information content (AvgIpc) is 3.01. The summed E-state index contributed by atoms with van der Waals surface area (Å²) in [5, 5.41) is 0. The van der Waals surface area contributed by atoms with Crippen molar-refractivity contribution < 1.29 is 19.0 Å². The van der Waals surface area contributed by atoms with Crippen LogP contribution >= 0.6 is 0 Å². The lowest BCUT2D eigenvalue weighted by Gasteiger charge is -2.15. The molecular formula is C22H18O4. The van der Waals surface area contributed by atoms with Gasteiger partial charge in [0.05, 0.1) is 7.11 Å². The molecule has 0 fully saturated rings. The van der Waals surface area contributed by atoms with Crippen LogP contribution in [0.2, 0.25) is 0 Å². The third-order valence-electron chi connectivity index (χ3n) is 4.44. The summed E-state index contributed by atoms with van der Waals surface area (Å²) in [6.45, 7) is -0.146. The van der Waals surface area contributed by atoms with Crippen LogP contribution in [0.25, 0.3) is 11.1 Å². The van der Waals surface area contributed by atoms with Gasteiger partial charge in [-0.05, 0) is 35.4 Å². The van der Waals surface area contributed by atoms with E-state index in [2.05, 4.69) is 12.1 Å². The Kier molecular flexibility index (Phi) is 4.32. The summed E-state index contributed by atoms with van der Waals surface area (Å²) in [6, 6.07) is 23.1. The van der Waals surface area contributed by atoms with Crippen molar-refractivity contribution in [2.45, 2.75) is 6.10 Å². The molecule has 0 N–H and O–H groups in total. The molecule has 0 bridgehead atoms. The van der Waals surface area contributed by atoms with Crippen molar-refractivity contribution in [3.05, 3.63) is 83.9 Å². The number of carbonyl (C=O) groups excluding carboxylic acids is 1. The molecule has 4 heteroatoms. The number of benzene rings is 3. The summed E-state index contributed by atoms with van der Waals surface area (Å²) in [7, 11) is 1.60. The van der Waals surface area contributed by atoms with Gasteiger partial charge in [0.25, 0.3) is 0 Å². The van der Waals surface area contributed by atoms with Gasteiger partial charge in [0.15, 0.2) is 12.7 Å². The highest BCUT2D eigenvalue weighted by Gasteiger charge is 2.30. The van der Waals surface area contributed by atoms with Crippen LogP contribution in [-0.4, -0.2) is 19.7 Å². The molecule has 0 atom stereocenters. The molecule has 0 saturated carbocycles. The van der Waals surface area contributed by atoms with E-state index in [9.17, 15) is 4.79 Å². The molecule has 26 heavy (non-hydrogen) atoms. The lowest BCUT2D eigenvalue weighted by atomic mass is 10.1. The monoisotopic (exact) mass is 346 g/mol. The zero-order valence-corrected chi connectivity index (χ0v) is 14.3. The van der Waals surface area contributed by atoms with Gasteiger partial charge >= 0.3 is 5.97 Å². The van der Waals surface area contributed by atoms with Crippen LogP contribution in [-0.2, 0) is 9.53 Å². The summed E-state index contributed by atoms with van der Waals surface area (Å²) in [4.78, 5) is 12.3. The first-order chi connectivity index (χ1) is 12.8. The number of fused-ring (bicyclic) bond motifs is 3. The van der Waals surface area contributed by atoms with Crippen LogP contribution in [0.3, 0.4) is 0 Å². The topological polar surface area (TPSA) is 44.8 Å². The molecule has 4 rings (SSSR count). The van der Waals surface area contributed by atoms with Crippen molar-refractivity contribution in [3.63, 3.8) is 0 Å². The van der Waals surface area contributed by atoms with Crippen LogP contribution in [0.15, 0.2) is 72.8 Å². The van der Waals surface area contributed by atoms with E-state index >= 15 is 0 Å². The largest absolute Gasteiger partial charge is 0.497 e. The SMILES string of the molecule is COc1ccc(OCC(=O)OC2c3ccccc3-c3ccccc32)cc1. The Bertz CT molecular complexity index is 885. The molecular weight excluding hydrogens is 328 g/mol. The lowest BCUT2D eigenvalue weighted by molar-refractivity contribution is -0.149. The van der Waals surface area contributed by atoms with Crippen molar-refractivity contribution in [1.82, 2.24) is 0 Å². The molecule has 0 amide bonds. The molecule has 3 aromatic rings. The van der Waals surface area contributed by atoms with Crippen molar-refractivity contribution in [3.8, 4) is 22.6 Å². The quantitative estimate of drug-likeness (QED) is 0.643. The standard InChI is InChI=1S/C22H18O4/c1-24-15-10-12-16(13-11-15)25-14-21(23)26-22-19-8-4-2-6-17(19)18-7-3-5-9-20(18)22/h2-13,22H,14H2,1H3. The second kappa shape index (κ2) is 6.92. The highest BCUT2D eigenvalue weighted by Crippen LogP contribution is 2.45. The molecule has 4 nitrogen and oxygen atoms in total. The zero-order valence-electron chi connectivity index (χ0n) is 14.3. The first kappa shape index (κ1) is 16.2. The van der Waals surface area contributed by atoms with Gasteiger partial charge in [-0.1, -0.05) is 48.5 Å². The third-order valence-corrected chi connectivity index (χ3v) is 4.44. The number of hydrogen-bond donors (Lipinski definition) is 0. The van der Waals surface area contributed by atoms with Gasteiger partial charge in [-0.2, -0.15) is 0 Å². The van der Waals surface area contributed by atoms with Gasteiger partial charge in [0.2, 0.25) is 0 Å². The van der Waals surface area contributed by atoms with Gasteiger partial charge in [-0.25, -0.2) is 4.79 Å². The number of carbonyl (C=O) groups is 1. The van der Waals surface area contributed by atoms with Crippen molar-refractivity contribution in [1.29, 1.82) is 0 Å². The van der Waals surface area contributed by atoms with Gasteiger partial charge < -0.3 is 14.2 Å². The van der Waals surface area contributed by atoms with E-state index in [1.807, 2.05) is 36.4 Å². The maximum atomic E-state index is 12.3. The molecule has 0 aliphatic heterocycles. The highest BCUT2D eigenvalue weighted by atomic mass is 16.6. The summed E-state index contributed by atoms with van der Waals surface area (Å²) < 4.78 is 16.4. The van der Waals surface area contributed by atoms with Crippen LogP contribution < -0.4 is 9.47 Å². The highest BCUT2D eigenvalue weighted by molar-refractivity contribution is 5.80. The fourth-order valence-corrected chi connectivity index (χ4v) is 3.22. The molecule has 0 radical (unpaired) electrons. The predicted octanol–water partition coefficient (Wildman–Crippen LogP) is 4.39. The van der Waals surface area contributed by atoms with E-state index in [-0.39, 0.29) is 6.61 Å². The Hall–Kier alpha value is -3.27. The van der Waals surface area contributed by atoms with E-state index in [4.69, 9.17) is 14.2 Å². The Morgan fingerprint density at radius 1 is 0.808 bits per heavy atom. The average molecular weight is 346 g/mol. The molecule has 130 valence electrons. The van der Waals surface area contributed by atoms with Gasteiger partial charge in [0.1, 0.15) is 11.5 Å². The van der Waals surface area contributed by atoms with Crippen molar-refractivity contribution in [2.75, 3.05) is 13.7 Å².